The highest BCUT2D eigenvalue weighted by molar-refractivity contribution is 7.86. The van der Waals surface area contributed by atoms with Gasteiger partial charge in [-0.05, 0) is 38.5 Å². The lowest BCUT2D eigenvalue weighted by Crippen LogP contribution is -2.30. The molecule has 1 aliphatic carbocycles. The maximum absolute atomic E-state index is 11.1. The van der Waals surface area contributed by atoms with Crippen molar-refractivity contribution < 1.29 is 25.2 Å². The van der Waals surface area contributed by atoms with Crippen molar-refractivity contribution in [3.8, 4) is 0 Å². The molecule has 20 heavy (non-hydrogen) atoms. The third-order valence-electron chi connectivity index (χ3n) is 3.52. The SMILES string of the molecule is CC1=C(C)C[C@@H](COS(C)(=O)=O)[C@H](COS(C)(=O)=O)C1. The lowest BCUT2D eigenvalue weighted by Gasteiger charge is -2.32. The second kappa shape index (κ2) is 6.55. The van der Waals surface area contributed by atoms with Gasteiger partial charge in [0.15, 0.2) is 0 Å². The summed E-state index contributed by atoms with van der Waals surface area (Å²) in [5.74, 6) is -0.120. The van der Waals surface area contributed by atoms with E-state index in [0.29, 0.717) is 12.8 Å². The summed E-state index contributed by atoms with van der Waals surface area (Å²) in [6, 6.07) is 0. The number of hydrogen-bond donors (Lipinski definition) is 0. The second-order valence-corrected chi connectivity index (χ2v) is 8.75. The Hall–Kier alpha value is -0.440. The van der Waals surface area contributed by atoms with Crippen molar-refractivity contribution >= 4 is 20.2 Å². The molecule has 0 aromatic carbocycles. The molecule has 0 fully saturated rings. The third kappa shape index (κ3) is 6.34. The van der Waals surface area contributed by atoms with Gasteiger partial charge in [-0.3, -0.25) is 8.37 Å². The van der Waals surface area contributed by atoms with Gasteiger partial charge >= 0.3 is 0 Å². The summed E-state index contributed by atoms with van der Waals surface area (Å²) < 4.78 is 54.0. The van der Waals surface area contributed by atoms with Crippen LogP contribution in [0.1, 0.15) is 26.7 Å². The van der Waals surface area contributed by atoms with Crippen molar-refractivity contribution in [2.45, 2.75) is 26.7 Å². The molecule has 0 saturated carbocycles. The molecule has 0 saturated heterocycles. The smallest absolute Gasteiger partial charge is 0.264 e. The lowest BCUT2D eigenvalue weighted by atomic mass is 9.77. The van der Waals surface area contributed by atoms with Crippen molar-refractivity contribution in [3.05, 3.63) is 11.1 Å². The van der Waals surface area contributed by atoms with Crippen LogP contribution in [-0.2, 0) is 28.6 Å². The highest BCUT2D eigenvalue weighted by Crippen LogP contribution is 2.34. The van der Waals surface area contributed by atoms with Crippen molar-refractivity contribution in [2.75, 3.05) is 25.7 Å². The fraction of sp³-hybridized carbons (Fsp3) is 0.833. The van der Waals surface area contributed by atoms with Crippen molar-refractivity contribution in [2.24, 2.45) is 11.8 Å². The van der Waals surface area contributed by atoms with E-state index in [1.807, 2.05) is 13.8 Å². The van der Waals surface area contributed by atoms with Crippen LogP contribution in [0.25, 0.3) is 0 Å². The van der Waals surface area contributed by atoms with Crippen LogP contribution in [0, 0.1) is 11.8 Å². The van der Waals surface area contributed by atoms with Gasteiger partial charge in [0.25, 0.3) is 20.2 Å². The molecule has 0 heterocycles. The van der Waals surface area contributed by atoms with E-state index in [4.69, 9.17) is 8.37 Å². The fourth-order valence-electron chi connectivity index (χ4n) is 2.28. The lowest BCUT2D eigenvalue weighted by molar-refractivity contribution is 0.140. The zero-order valence-electron chi connectivity index (χ0n) is 12.2. The van der Waals surface area contributed by atoms with E-state index in [-0.39, 0.29) is 25.0 Å². The molecule has 6 nitrogen and oxygen atoms in total. The Morgan fingerprint density at radius 1 is 0.850 bits per heavy atom. The Morgan fingerprint density at radius 3 is 1.40 bits per heavy atom. The van der Waals surface area contributed by atoms with Crippen molar-refractivity contribution in [1.29, 1.82) is 0 Å². The van der Waals surface area contributed by atoms with E-state index in [9.17, 15) is 16.8 Å². The van der Waals surface area contributed by atoms with E-state index < -0.39 is 20.2 Å². The molecule has 0 aromatic rings. The fourth-order valence-corrected chi connectivity index (χ4v) is 3.12. The highest BCUT2D eigenvalue weighted by Gasteiger charge is 2.29. The quantitative estimate of drug-likeness (QED) is 0.540. The van der Waals surface area contributed by atoms with E-state index in [1.54, 1.807) is 0 Å². The van der Waals surface area contributed by atoms with Crippen LogP contribution < -0.4 is 0 Å². The summed E-state index contributed by atoms with van der Waals surface area (Å²) in [5.41, 5.74) is 2.39. The van der Waals surface area contributed by atoms with Gasteiger partial charge in [0.05, 0.1) is 25.7 Å². The van der Waals surface area contributed by atoms with Crippen LogP contribution in [0.3, 0.4) is 0 Å². The predicted octanol–water partition coefficient (Wildman–Crippen LogP) is 1.30. The molecule has 1 rings (SSSR count). The van der Waals surface area contributed by atoms with Gasteiger partial charge in [0.1, 0.15) is 0 Å². The Labute approximate surface area is 121 Å². The molecule has 0 unspecified atom stereocenters. The van der Waals surface area contributed by atoms with Gasteiger partial charge in [0.2, 0.25) is 0 Å². The maximum atomic E-state index is 11.1. The zero-order valence-corrected chi connectivity index (χ0v) is 13.9. The first-order valence-electron chi connectivity index (χ1n) is 6.32. The summed E-state index contributed by atoms with van der Waals surface area (Å²) in [4.78, 5) is 0. The molecule has 0 amide bonds. The van der Waals surface area contributed by atoms with Gasteiger partial charge in [-0.2, -0.15) is 16.8 Å². The Morgan fingerprint density at radius 2 is 1.15 bits per heavy atom. The monoisotopic (exact) mass is 326 g/mol. The summed E-state index contributed by atoms with van der Waals surface area (Å²) in [6.45, 7) is 4.11. The molecule has 0 aromatic heterocycles. The Balaban J connectivity index is 2.76. The van der Waals surface area contributed by atoms with E-state index in [2.05, 4.69) is 0 Å². The number of hydrogen-bond acceptors (Lipinski definition) is 6. The van der Waals surface area contributed by atoms with Gasteiger partial charge in [-0.15, -0.1) is 0 Å². The summed E-state index contributed by atoms with van der Waals surface area (Å²) in [5, 5.41) is 0. The van der Waals surface area contributed by atoms with Gasteiger partial charge in [0, 0.05) is 0 Å². The molecule has 0 radical (unpaired) electrons. The molecular weight excluding hydrogens is 304 g/mol. The first-order valence-corrected chi connectivity index (χ1v) is 9.95. The first kappa shape index (κ1) is 17.6. The molecular formula is C12H22O6S2. The molecule has 1 aliphatic rings. The van der Waals surface area contributed by atoms with Crippen LogP contribution in [0.2, 0.25) is 0 Å². The molecule has 2 atom stereocenters. The van der Waals surface area contributed by atoms with Crippen LogP contribution in [0.5, 0.6) is 0 Å². The van der Waals surface area contributed by atoms with Gasteiger partial charge in [-0.1, -0.05) is 11.1 Å². The minimum Gasteiger partial charge on any atom is -0.270 e. The average Bonchev–Trinajstić information content (AvgIpc) is 2.26. The van der Waals surface area contributed by atoms with Crippen LogP contribution in [0.4, 0.5) is 0 Å². The minimum atomic E-state index is -3.50. The normalized spacial score (nSPS) is 25.0. The molecule has 0 aliphatic heterocycles. The average molecular weight is 326 g/mol. The number of allylic oxidation sites excluding steroid dienone is 2. The van der Waals surface area contributed by atoms with Crippen LogP contribution >= 0.6 is 0 Å². The van der Waals surface area contributed by atoms with Crippen LogP contribution in [-0.4, -0.2) is 42.6 Å². The summed E-state index contributed by atoms with van der Waals surface area (Å²) in [6.07, 6.45) is 3.40. The Kier molecular flexibility index (Phi) is 5.77. The summed E-state index contributed by atoms with van der Waals surface area (Å²) >= 11 is 0. The molecule has 118 valence electrons. The first-order chi connectivity index (χ1) is 8.98. The van der Waals surface area contributed by atoms with E-state index >= 15 is 0 Å². The molecule has 0 spiro atoms. The molecule has 0 bridgehead atoms. The van der Waals surface area contributed by atoms with E-state index in [1.165, 1.54) is 11.1 Å². The van der Waals surface area contributed by atoms with Crippen LogP contribution in [0.15, 0.2) is 11.1 Å². The number of rotatable bonds is 6. The van der Waals surface area contributed by atoms with E-state index in [0.717, 1.165) is 12.5 Å². The van der Waals surface area contributed by atoms with Crippen molar-refractivity contribution in [1.82, 2.24) is 0 Å². The maximum Gasteiger partial charge on any atom is 0.264 e. The zero-order chi connectivity index (χ0) is 15.6. The molecule has 0 N–H and O–H groups in total. The van der Waals surface area contributed by atoms with Gasteiger partial charge in [-0.25, -0.2) is 0 Å². The standard InChI is InChI=1S/C12H22O6S2/c1-9-5-11(7-17-19(3,13)14)12(6-10(9)2)8-18-20(4,15)16/h11-12H,5-8H2,1-4H3/t11-,12-/m0/s1. The topological polar surface area (TPSA) is 86.7 Å². The van der Waals surface area contributed by atoms with Crippen molar-refractivity contribution in [3.63, 3.8) is 0 Å². The largest absolute Gasteiger partial charge is 0.270 e. The Bertz CT molecular complexity index is 521. The minimum absolute atomic E-state index is 0.0568. The summed E-state index contributed by atoms with van der Waals surface area (Å²) in [7, 11) is -6.99. The predicted molar refractivity (Wildman–Crippen MR) is 76.2 cm³/mol. The highest BCUT2D eigenvalue weighted by atomic mass is 32.2. The molecule has 8 heteroatoms. The second-order valence-electron chi connectivity index (χ2n) is 5.47. The third-order valence-corrected chi connectivity index (χ3v) is 4.65. The van der Waals surface area contributed by atoms with Gasteiger partial charge < -0.3 is 0 Å².